The average molecular weight is 428 g/mol. The van der Waals surface area contributed by atoms with Gasteiger partial charge in [0.1, 0.15) is 11.6 Å². The molecule has 156 valence electrons. The molecule has 1 amide bonds. The van der Waals surface area contributed by atoms with E-state index in [0.717, 1.165) is 5.56 Å². The van der Waals surface area contributed by atoms with E-state index in [2.05, 4.69) is 10.0 Å². The molecule has 0 heterocycles. The van der Waals surface area contributed by atoms with Gasteiger partial charge in [-0.15, -0.1) is 0 Å². The van der Waals surface area contributed by atoms with Crippen molar-refractivity contribution in [3.63, 3.8) is 0 Å². The minimum Gasteiger partial charge on any atom is -0.484 e. The maximum absolute atomic E-state index is 13.5. The van der Waals surface area contributed by atoms with E-state index < -0.39 is 27.8 Å². The van der Waals surface area contributed by atoms with Crippen molar-refractivity contribution in [2.45, 2.75) is 17.9 Å². The molecule has 30 heavy (non-hydrogen) atoms. The fourth-order valence-corrected chi connectivity index (χ4v) is 3.96. The minimum absolute atomic E-state index is 0.0613. The Hall–Kier alpha value is -3.23. The highest BCUT2D eigenvalue weighted by Crippen LogP contribution is 2.20. The molecule has 0 radical (unpaired) electrons. The van der Waals surface area contributed by atoms with Crippen LogP contribution in [0.3, 0.4) is 0 Å². The molecule has 0 spiro atoms. The number of carbonyl (C=O) groups excluding carboxylic acids is 1. The number of rotatable bonds is 8. The number of nitrogens with one attached hydrogen (secondary N) is 2. The molecule has 0 aliphatic rings. The molecule has 0 unspecified atom stereocenters. The van der Waals surface area contributed by atoms with Crippen molar-refractivity contribution in [1.82, 2.24) is 4.72 Å². The Bertz CT molecular complexity index is 1100. The normalized spacial score (nSPS) is 12.2. The van der Waals surface area contributed by atoms with Gasteiger partial charge in [-0.05, 0) is 48.9 Å². The summed E-state index contributed by atoms with van der Waals surface area (Å²) in [4.78, 5) is 12.0. The first kappa shape index (κ1) is 21.5. The summed E-state index contributed by atoms with van der Waals surface area (Å²) in [5.41, 5.74) is 0.910. The molecule has 0 saturated heterocycles. The van der Waals surface area contributed by atoms with Crippen molar-refractivity contribution in [3.8, 4) is 5.75 Å². The number of anilines is 1. The summed E-state index contributed by atoms with van der Waals surface area (Å²) in [6.07, 6.45) is 0. The van der Waals surface area contributed by atoms with Gasteiger partial charge < -0.3 is 10.1 Å². The van der Waals surface area contributed by atoms with Crippen LogP contribution >= 0.6 is 0 Å². The Balaban J connectivity index is 1.57. The van der Waals surface area contributed by atoms with Gasteiger partial charge in [-0.2, -0.15) is 0 Å². The second kappa shape index (κ2) is 9.51. The number of para-hydroxylation sites is 1. The number of hydrogen-bond acceptors (Lipinski definition) is 4. The molecule has 3 aromatic rings. The largest absolute Gasteiger partial charge is 0.484 e. The zero-order valence-electron chi connectivity index (χ0n) is 16.2. The van der Waals surface area contributed by atoms with E-state index in [-0.39, 0.29) is 17.2 Å². The lowest BCUT2D eigenvalue weighted by Gasteiger charge is -2.15. The predicted octanol–water partition coefficient (Wildman–Crippen LogP) is 3.88. The summed E-state index contributed by atoms with van der Waals surface area (Å²) in [6, 6.07) is 20.3. The van der Waals surface area contributed by atoms with Crippen LogP contribution in [0.15, 0.2) is 83.8 Å². The summed E-state index contributed by atoms with van der Waals surface area (Å²) in [6.45, 7) is 1.42. The van der Waals surface area contributed by atoms with Crippen LogP contribution in [0.5, 0.6) is 5.75 Å². The lowest BCUT2D eigenvalue weighted by molar-refractivity contribution is -0.118. The van der Waals surface area contributed by atoms with E-state index in [1.54, 1.807) is 13.0 Å². The van der Waals surface area contributed by atoms with E-state index in [4.69, 9.17) is 4.74 Å². The van der Waals surface area contributed by atoms with Crippen molar-refractivity contribution in [2.24, 2.45) is 0 Å². The van der Waals surface area contributed by atoms with Crippen molar-refractivity contribution in [2.75, 3.05) is 11.9 Å². The number of amides is 1. The molecule has 3 rings (SSSR count). The van der Waals surface area contributed by atoms with Gasteiger partial charge in [-0.25, -0.2) is 17.5 Å². The first-order valence-electron chi connectivity index (χ1n) is 9.20. The van der Waals surface area contributed by atoms with Crippen LogP contribution < -0.4 is 14.8 Å². The van der Waals surface area contributed by atoms with Gasteiger partial charge in [-0.1, -0.05) is 42.5 Å². The molecule has 0 bridgehead atoms. The van der Waals surface area contributed by atoms with Gasteiger partial charge in [0, 0.05) is 6.04 Å². The van der Waals surface area contributed by atoms with E-state index in [1.165, 1.54) is 42.5 Å². The van der Waals surface area contributed by atoms with Crippen LogP contribution in [0.25, 0.3) is 0 Å². The second-order valence-electron chi connectivity index (χ2n) is 6.54. The van der Waals surface area contributed by atoms with Crippen molar-refractivity contribution in [3.05, 3.63) is 90.2 Å². The van der Waals surface area contributed by atoms with Gasteiger partial charge in [0.25, 0.3) is 5.91 Å². The molecule has 6 nitrogen and oxygen atoms in total. The molecule has 1 atom stereocenters. The zero-order valence-corrected chi connectivity index (χ0v) is 17.0. The van der Waals surface area contributed by atoms with E-state index in [1.807, 2.05) is 30.3 Å². The molecular weight excluding hydrogens is 407 g/mol. The SMILES string of the molecule is C[C@H](NS(=O)(=O)c1ccc(OCC(=O)Nc2ccccc2F)cc1)c1ccccc1. The molecule has 3 aromatic carbocycles. The summed E-state index contributed by atoms with van der Waals surface area (Å²) in [7, 11) is -3.73. The predicted molar refractivity (Wildman–Crippen MR) is 112 cm³/mol. The van der Waals surface area contributed by atoms with Crippen molar-refractivity contribution < 1.29 is 22.3 Å². The van der Waals surface area contributed by atoms with Gasteiger partial charge in [-0.3, -0.25) is 4.79 Å². The third kappa shape index (κ3) is 5.65. The maximum Gasteiger partial charge on any atom is 0.262 e. The number of carbonyl (C=O) groups is 1. The molecule has 0 aromatic heterocycles. The van der Waals surface area contributed by atoms with Crippen molar-refractivity contribution >= 4 is 21.6 Å². The van der Waals surface area contributed by atoms with E-state index >= 15 is 0 Å². The lowest BCUT2D eigenvalue weighted by Crippen LogP contribution is -2.26. The van der Waals surface area contributed by atoms with Crippen LogP contribution in [-0.2, 0) is 14.8 Å². The smallest absolute Gasteiger partial charge is 0.262 e. The number of sulfonamides is 1. The van der Waals surface area contributed by atoms with Gasteiger partial charge >= 0.3 is 0 Å². The second-order valence-corrected chi connectivity index (χ2v) is 8.26. The minimum atomic E-state index is -3.73. The number of ether oxygens (including phenoxy) is 1. The monoisotopic (exact) mass is 428 g/mol. The molecule has 0 fully saturated rings. The van der Waals surface area contributed by atoms with Crippen molar-refractivity contribution in [1.29, 1.82) is 0 Å². The van der Waals surface area contributed by atoms with Gasteiger partial charge in [0.05, 0.1) is 10.6 Å². The van der Waals surface area contributed by atoms with Gasteiger partial charge in [0.2, 0.25) is 10.0 Å². The van der Waals surface area contributed by atoms with E-state index in [9.17, 15) is 17.6 Å². The number of hydrogen-bond donors (Lipinski definition) is 2. The summed E-state index contributed by atoms with van der Waals surface area (Å²) in [5, 5.41) is 2.41. The Morgan fingerprint density at radius 3 is 2.27 bits per heavy atom. The molecule has 0 saturated carbocycles. The molecule has 8 heteroatoms. The van der Waals surface area contributed by atoms with E-state index in [0.29, 0.717) is 5.75 Å². The lowest BCUT2D eigenvalue weighted by atomic mass is 10.1. The first-order valence-corrected chi connectivity index (χ1v) is 10.7. The topological polar surface area (TPSA) is 84.5 Å². The highest BCUT2D eigenvalue weighted by molar-refractivity contribution is 7.89. The van der Waals surface area contributed by atoms with Crippen LogP contribution in [0.2, 0.25) is 0 Å². The zero-order chi connectivity index (χ0) is 21.6. The Kier molecular flexibility index (Phi) is 6.81. The fourth-order valence-electron chi connectivity index (χ4n) is 2.72. The quantitative estimate of drug-likeness (QED) is 0.570. The first-order chi connectivity index (χ1) is 14.3. The molecule has 0 aliphatic heterocycles. The number of halogens is 1. The highest BCUT2D eigenvalue weighted by atomic mass is 32.2. The van der Waals surface area contributed by atoms with Crippen LogP contribution in [0.4, 0.5) is 10.1 Å². The van der Waals surface area contributed by atoms with Gasteiger partial charge in [0.15, 0.2) is 6.61 Å². The van der Waals surface area contributed by atoms with Crippen LogP contribution in [0.1, 0.15) is 18.5 Å². The molecule has 2 N–H and O–H groups in total. The standard InChI is InChI=1S/C22H21FN2O4S/c1-16(17-7-3-2-4-8-17)25-30(27,28)19-13-11-18(12-14-19)29-15-22(26)24-21-10-6-5-9-20(21)23/h2-14,16,25H,15H2,1H3,(H,24,26)/t16-/m0/s1. The Labute approximate surface area is 174 Å². The summed E-state index contributed by atoms with van der Waals surface area (Å²) >= 11 is 0. The molecular formula is C22H21FN2O4S. The average Bonchev–Trinajstić information content (AvgIpc) is 2.74. The van der Waals surface area contributed by atoms with Crippen LogP contribution in [-0.4, -0.2) is 20.9 Å². The molecule has 0 aliphatic carbocycles. The number of benzene rings is 3. The third-order valence-electron chi connectivity index (χ3n) is 4.28. The third-order valence-corrected chi connectivity index (χ3v) is 5.84. The summed E-state index contributed by atoms with van der Waals surface area (Å²) in [5.74, 6) is -0.762. The highest BCUT2D eigenvalue weighted by Gasteiger charge is 2.18. The van der Waals surface area contributed by atoms with Crippen LogP contribution in [0, 0.1) is 5.82 Å². The fraction of sp³-hybridized carbons (Fsp3) is 0.136. The summed E-state index contributed by atoms with van der Waals surface area (Å²) < 4.78 is 46.7. The Morgan fingerprint density at radius 2 is 1.60 bits per heavy atom. The maximum atomic E-state index is 13.5. The Morgan fingerprint density at radius 1 is 0.967 bits per heavy atom.